The maximum absolute atomic E-state index is 12.0. The van der Waals surface area contributed by atoms with Crippen LogP contribution in [0.5, 0.6) is 0 Å². The molecule has 1 unspecified atom stereocenters. The lowest BCUT2D eigenvalue weighted by molar-refractivity contribution is -0.129. The second kappa shape index (κ2) is 6.33. The molecule has 0 spiro atoms. The van der Waals surface area contributed by atoms with Crippen LogP contribution in [0.15, 0.2) is 24.3 Å². The van der Waals surface area contributed by atoms with Crippen LogP contribution in [0.1, 0.15) is 32.8 Å². The predicted molar refractivity (Wildman–Crippen MR) is 78.0 cm³/mol. The summed E-state index contributed by atoms with van der Waals surface area (Å²) >= 11 is 0. The number of nitriles is 1. The first-order chi connectivity index (χ1) is 9.23. The van der Waals surface area contributed by atoms with Crippen molar-refractivity contribution < 1.29 is 9.59 Å². The van der Waals surface area contributed by atoms with E-state index >= 15 is 0 Å². The van der Waals surface area contributed by atoms with E-state index in [1.54, 1.807) is 18.2 Å². The van der Waals surface area contributed by atoms with Crippen molar-refractivity contribution in [3.05, 3.63) is 29.8 Å². The van der Waals surface area contributed by atoms with Crippen molar-refractivity contribution in [1.29, 1.82) is 5.26 Å². The van der Waals surface area contributed by atoms with Gasteiger partial charge in [-0.05, 0) is 30.0 Å². The third kappa shape index (κ3) is 4.85. The number of ketones is 1. The molecule has 0 aliphatic carbocycles. The van der Waals surface area contributed by atoms with Crippen molar-refractivity contribution in [1.82, 2.24) is 0 Å². The highest BCUT2D eigenvalue weighted by Crippen LogP contribution is 2.22. The van der Waals surface area contributed by atoms with Gasteiger partial charge in [0, 0.05) is 12.1 Å². The SMILES string of the molecule is Cc1cccc(NC(=O)C(C#N)C(=O)CC(C)(C)C)c1. The average Bonchev–Trinajstić information content (AvgIpc) is 2.27. The molecule has 1 aromatic carbocycles. The minimum Gasteiger partial charge on any atom is -0.325 e. The number of nitrogens with one attached hydrogen (secondary N) is 1. The average molecular weight is 272 g/mol. The number of amides is 1. The van der Waals surface area contributed by atoms with Crippen LogP contribution in [-0.4, -0.2) is 11.7 Å². The molecule has 4 nitrogen and oxygen atoms in total. The molecule has 1 N–H and O–H groups in total. The van der Waals surface area contributed by atoms with Crippen LogP contribution in [0, 0.1) is 29.6 Å². The normalized spacial score (nSPS) is 12.3. The highest BCUT2D eigenvalue weighted by Gasteiger charge is 2.29. The van der Waals surface area contributed by atoms with Crippen LogP contribution in [0.4, 0.5) is 5.69 Å². The van der Waals surface area contributed by atoms with Gasteiger partial charge in [-0.3, -0.25) is 9.59 Å². The Labute approximate surface area is 119 Å². The van der Waals surface area contributed by atoms with Gasteiger partial charge in [-0.25, -0.2) is 0 Å². The fourth-order valence-corrected chi connectivity index (χ4v) is 1.84. The maximum atomic E-state index is 12.0. The lowest BCUT2D eigenvalue weighted by Crippen LogP contribution is -2.30. The molecule has 0 heterocycles. The molecule has 0 bridgehead atoms. The molecular weight excluding hydrogens is 252 g/mol. The Morgan fingerprint density at radius 2 is 2.00 bits per heavy atom. The summed E-state index contributed by atoms with van der Waals surface area (Å²) in [6.07, 6.45) is 0.201. The summed E-state index contributed by atoms with van der Waals surface area (Å²) in [5, 5.41) is 11.7. The van der Waals surface area contributed by atoms with E-state index in [4.69, 9.17) is 5.26 Å². The van der Waals surface area contributed by atoms with Gasteiger partial charge in [-0.2, -0.15) is 5.26 Å². The molecule has 106 valence electrons. The third-order valence-corrected chi connectivity index (χ3v) is 2.70. The van der Waals surface area contributed by atoms with Gasteiger partial charge >= 0.3 is 0 Å². The molecule has 4 heteroatoms. The van der Waals surface area contributed by atoms with Crippen molar-refractivity contribution in [3.8, 4) is 6.07 Å². The van der Waals surface area contributed by atoms with Gasteiger partial charge in [-0.1, -0.05) is 32.9 Å². The lowest BCUT2D eigenvalue weighted by Gasteiger charge is -2.18. The highest BCUT2D eigenvalue weighted by atomic mass is 16.2. The smallest absolute Gasteiger partial charge is 0.249 e. The van der Waals surface area contributed by atoms with E-state index in [2.05, 4.69) is 5.32 Å². The number of hydrogen-bond donors (Lipinski definition) is 1. The molecule has 0 aliphatic heterocycles. The van der Waals surface area contributed by atoms with Crippen molar-refractivity contribution in [3.63, 3.8) is 0 Å². The Bertz CT molecular complexity index is 550. The van der Waals surface area contributed by atoms with Gasteiger partial charge < -0.3 is 5.32 Å². The van der Waals surface area contributed by atoms with Gasteiger partial charge in [0.2, 0.25) is 5.91 Å². The Hall–Kier alpha value is -2.15. The summed E-state index contributed by atoms with van der Waals surface area (Å²) in [6, 6.07) is 9.03. The van der Waals surface area contributed by atoms with Gasteiger partial charge in [-0.15, -0.1) is 0 Å². The largest absolute Gasteiger partial charge is 0.325 e. The summed E-state index contributed by atoms with van der Waals surface area (Å²) in [4.78, 5) is 24.0. The molecule has 0 saturated heterocycles. The predicted octanol–water partition coefficient (Wildman–Crippen LogP) is 3.08. The zero-order valence-corrected chi connectivity index (χ0v) is 12.4. The molecule has 1 rings (SSSR count). The zero-order chi connectivity index (χ0) is 15.3. The van der Waals surface area contributed by atoms with E-state index in [1.807, 2.05) is 39.8 Å². The number of benzene rings is 1. The molecule has 0 saturated carbocycles. The van der Waals surface area contributed by atoms with Crippen molar-refractivity contribution in [2.75, 3.05) is 5.32 Å². The highest BCUT2D eigenvalue weighted by molar-refractivity contribution is 6.09. The number of anilines is 1. The summed E-state index contributed by atoms with van der Waals surface area (Å²) in [6.45, 7) is 7.61. The first kappa shape index (κ1) is 15.9. The van der Waals surface area contributed by atoms with E-state index in [-0.39, 0.29) is 17.6 Å². The third-order valence-electron chi connectivity index (χ3n) is 2.70. The second-order valence-corrected chi connectivity index (χ2v) is 6.12. The number of carbonyl (C=O) groups is 2. The van der Waals surface area contributed by atoms with Crippen LogP contribution in [0.3, 0.4) is 0 Å². The molecule has 1 atom stereocenters. The Morgan fingerprint density at radius 1 is 1.35 bits per heavy atom. The monoisotopic (exact) mass is 272 g/mol. The molecule has 1 amide bonds. The first-order valence-electron chi connectivity index (χ1n) is 6.53. The zero-order valence-electron chi connectivity index (χ0n) is 12.4. The lowest BCUT2D eigenvalue weighted by atomic mass is 9.86. The Kier molecular flexibility index (Phi) is 5.04. The molecule has 0 fully saturated rings. The van der Waals surface area contributed by atoms with E-state index < -0.39 is 11.8 Å². The minimum atomic E-state index is -1.25. The van der Waals surface area contributed by atoms with Crippen LogP contribution in [-0.2, 0) is 9.59 Å². The molecular formula is C16H20N2O2. The fraction of sp³-hybridized carbons (Fsp3) is 0.438. The van der Waals surface area contributed by atoms with Crippen molar-refractivity contribution in [2.45, 2.75) is 34.1 Å². The molecule has 0 radical (unpaired) electrons. The van der Waals surface area contributed by atoms with Gasteiger partial charge in [0.1, 0.15) is 0 Å². The van der Waals surface area contributed by atoms with Crippen LogP contribution >= 0.6 is 0 Å². The number of hydrogen-bond acceptors (Lipinski definition) is 3. The van der Waals surface area contributed by atoms with Crippen LogP contribution in [0.2, 0.25) is 0 Å². The Morgan fingerprint density at radius 3 is 2.50 bits per heavy atom. The number of Topliss-reactive ketones (excluding diaryl/α,β-unsaturated/α-hetero) is 1. The van der Waals surface area contributed by atoms with Crippen molar-refractivity contribution >= 4 is 17.4 Å². The van der Waals surface area contributed by atoms with E-state index in [1.165, 1.54) is 0 Å². The number of rotatable bonds is 4. The fourth-order valence-electron chi connectivity index (χ4n) is 1.84. The van der Waals surface area contributed by atoms with Gasteiger partial charge in [0.05, 0.1) is 6.07 Å². The van der Waals surface area contributed by atoms with Crippen molar-refractivity contribution in [2.24, 2.45) is 11.3 Å². The van der Waals surface area contributed by atoms with Crippen LogP contribution < -0.4 is 5.32 Å². The standard InChI is InChI=1S/C16H20N2O2/c1-11-6-5-7-12(8-11)18-15(20)13(10-17)14(19)9-16(2,3)4/h5-8,13H,9H2,1-4H3,(H,18,20). The molecule has 0 aromatic heterocycles. The summed E-state index contributed by atoms with van der Waals surface area (Å²) < 4.78 is 0. The van der Waals surface area contributed by atoms with Gasteiger partial charge in [0.25, 0.3) is 0 Å². The van der Waals surface area contributed by atoms with Crippen LogP contribution in [0.25, 0.3) is 0 Å². The minimum absolute atomic E-state index is 0.201. The molecule has 20 heavy (non-hydrogen) atoms. The maximum Gasteiger partial charge on any atom is 0.249 e. The summed E-state index contributed by atoms with van der Waals surface area (Å²) in [7, 11) is 0. The summed E-state index contributed by atoms with van der Waals surface area (Å²) in [5.74, 6) is -2.16. The second-order valence-electron chi connectivity index (χ2n) is 6.12. The van der Waals surface area contributed by atoms with E-state index in [0.29, 0.717) is 5.69 Å². The first-order valence-corrected chi connectivity index (χ1v) is 6.53. The topological polar surface area (TPSA) is 70.0 Å². The van der Waals surface area contributed by atoms with Gasteiger partial charge in [0.15, 0.2) is 11.7 Å². The number of nitrogens with zero attached hydrogens (tertiary/aromatic N) is 1. The quantitative estimate of drug-likeness (QED) is 0.856. The number of aryl methyl sites for hydroxylation is 1. The summed E-state index contributed by atoms with van der Waals surface area (Å²) in [5.41, 5.74) is 1.35. The van der Waals surface area contributed by atoms with E-state index in [0.717, 1.165) is 5.56 Å². The van der Waals surface area contributed by atoms with E-state index in [9.17, 15) is 9.59 Å². The molecule has 1 aromatic rings. The molecule has 0 aliphatic rings. The number of carbonyl (C=O) groups excluding carboxylic acids is 2. The Balaban J connectivity index is 2.78.